The average Bonchev–Trinajstić information content (AvgIpc) is 2.90. The van der Waals surface area contributed by atoms with Gasteiger partial charge in [0.1, 0.15) is 5.75 Å². The van der Waals surface area contributed by atoms with E-state index in [1.54, 1.807) is 31.4 Å². The number of carbonyl (C=O) groups excluding carboxylic acids is 2. The zero-order chi connectivity index (χ0) is 23.9. The van der Waals surface area contributed by atoms with E-state index in [9.17, 15) is 9.59 Å². The van der Waals surface area contributed by atoms with Gasteiger partial charge >= 0.3 is 0 Å². The molecule has 1 unspecified atom stereocenters. The summed E-state index contributed by atoms with van der Waals surface area (Å²) in [5.74, 6) is 0.775. The highest BCUT2D eigenvalue weighted by Crippen LogP contribution is 2.25. The summed E-state index contributed by atoms with van der Waals surface area (Å²) in [5, 5.41) is 3.80. The van der Waals surface area contributed by atoms with Gasteiger partial charge in [-0.1, -0.05) is 23.7 Å². The fourth-order valence-electron chi connectivity index (χ4n) is 4.63. The lowest BCUT2D eigenvalue weighted by molar-refractivity contribution is -0.126. The first-order valence-corrected chi connectivity index (χ1v) is 12.2. The van der Waals surface area contributed by atoms with Crippen LogP contribution < -0.4 is 10.1 Å². The molecule has 0 bridgehead atoms. The molecule has 0 radical (unpaired) electrons. The molecule has 1 N–H and O–H groups in total. The lowest BCUT2D eigenvalue weighted by Gasteiger charge is -2.36. The zero-order valence-electron chi connectivity index (χ0n) is 19.5. The van der Waals surface area contributed by atoms with Crippen LogP contribution in [0.3, 0.4) is 0 Å². The van der Waals surface area contributed by atoms with Crippen LogP contribution in [0, 0.1) is 5.92 Å². The van der Waals surface area contributed by atoms with E-state index in [0.717, 1.165) is 24.4 Å². The van der Waals surface area contributed by atoms with Crippen molar-refractivity contribution in [1.29, 1.82) is 0 Å². The predicted octanol–water partition coefficient (Wildman–Crippen LogP) is 3.39. The van der Waals surface area contributed by atoms with Gasteiger partial charge in [0.15, 0.2) is 0 Å². The maximum atomic E-state index is 13.0. The van der Waals surface area contributed by atoms with Crippen molar-refractivity contribution in [3.8, 4) is 5.75 Å². The highest BCUT2D eigenvalue weighted by Gasteiger charge is 2.29. The lowest BCUT2D eigenvalue weighted by Crippen LogP contribution is -2.46. The molecule has 34 heavy (non-hydrogen) atoms. The molecule has 2 amide bonds. The van der Waals surface area contributed by atoms with Crippen LogP contribution in [0.1, 0.15) is 34.8 Å². The summed E-state index contributed by atoms with van der Waals surface area (Å²) in [4.78, 5) is 29.9. The van der Waals surface area contributed by atoms with E-state index in [-0.39, 0.29) is 23.8 Å². The van der Waals surface area contributed by atoms with Crippen molar-refractivity contribution in [2.45, 2.75) is 18.9 Å². The Hall–Kier alpha value is -2.61. The van der Waals surface area contributed by atoms with E-state index < -0.39 is 0 Å². The number of hydrogen-bond donors (Lipinski definition) is 1. The first kappa shape index (κ1) is 24.5. The average molecular weight is 486 g/mol. The first-order valence-electron chi connectivity index (χ1n) is 11.8. The third-order valence-corrected chi connectivity index (χ3v) is 6.95. The second-order valence-electron chi connectivity index (χ2n) is 8.76. The number of methoxy groups -OCH3 is 1. The Kier molecular flexibility index (Phi) is 8.43. The Morgan fingerprint density at radius 3 is 2.29 bits per heavy atom. The first-order chi connectivity index (χ1) is 16.5. The van der Waals surface area contributed by atoms with Crippen LogP contribution in [0.2, 0.25) is 5.02 Å². The predicted molar refractivity (Wildman–Crippen MR) is 131 cm³/mol. The topological polar surface area (TPSA) is 71.1 Å². The Morgan fingerprint density at radius 2 is 1.68 bits per heavy atom. The minimum Gasteiger partial charge on any atom is -0.497 e. The fraction of sp³-hybridized carbons (Fsp3) is 0.462. The molecule has 7 nitrogen and oxygen atoms in total. The van der Waals surface area contributed by atoms with Gasteiger partial charge in [0.25, 0.3) is 5.91 Å². The molecule has 2 fully saturated rings. The number of piperidine rings is 1. The van der Waals surface area contributed by atoms with Gasteiger partial charge in [0.05, 0.1) is 26.4 Å². The Morgan fingerprint density at radius 1 is 1.03 bits per heavy atom. The van der Waals surface area contributed by atoms with E-state index in [0.29, 0.717) is 56.3 Å². The molecule has 0 aliphatic carbocycles. The molecular weight excluding hydrogens is 454 g/mol. The van der Waals surface area contributed by atoms with Crippen molar-refractivity contribution in [3.63, 3.8) is 0 Å². The fourth-order valence-corrected chi connectivity index (χ4v) is 4.76. The van der Waals surface area contributed by atoms with Crippen LogP contribution in [-0.2, 0) is 9.53 Å². The molecule has 2 aromatic carbocycles. The molecule has 2 aromatic rings. The normalized spacial score (nSPS) is 18.4. The summed E-state index contributed by atoms with van der Waals surface area (Å²) in [6.07, 6.45) is 1.33. The Bertz CT molecular complexity index is 953. The van der Waals surface area contributed by atoms with Crippen molar-refractivity contribution in [3.05, 3.63) is 64.7 Å². The molecular formula is C26H32ClN3O4. The molecule has 0 aromatic heterocycles. The second kappa shape index (κ2) is 11.7. The van der Waals surface area contributed by atoms with Crippen LogP contribution in [0.4, 0.5) is 0 Å². The lowest BCUT2D eigenvalue weighted by atomic mass is 9.95. The van der Waals surface area contributed by atoms with Gasteiger partial charge in [-0.2, -0.15) is 0 Å². The monoisotopic (exact) mass is 485 g/mol. The summed E-state index contributed by atoms with van der Waals surface area (Å²) in [6.45, 7) is 4.74. The maximum absolute atomic E-state index is 13.0. The SMILES string of the molecule is COc1ccc(C(CNC(=O)C2CCN(C(=O)c3ccc(Cl)cc3)CC2)N2CCOCC2)cc1. The minimum absolute atomic E-state index is 0.0117. The summed E-state index contributed by atoms with van der Waals surface area (Å²) in [5.41, 5.74) is 1.77. The summed E-state index contributed by atoms with van der Waals surface area (Å²) in [6, 6.07) is 15.0. The summed E-state index contributed by atoms with van der Waals surface area (Å²) in [7, 11) is 1.66. The van der Waals surface area contributed by atoms with Crippen molar-refractivity contribution < 1.29 is 19.1 Å². The van der Waals surface area contributed by atoms with Gasteiger partial charge in [-0.05, 0) is 54.8 Å². The minimum atomic E-state index is -0.0875. The molecule has 8 heteroatoms. The number of halogens is 1. The number of likely N-dealkylation sites (tertiary alicyclic amines) is 1. The van der Waals surface area contributed by atoms with E-state index in [1.165, 1.54) is 0 Å². The number of ether oxygens (including phenoxy) is 2. The van der Waals surface area contributed by atoms with Gasteiger partial charge in [0, 0.05) is 49.2 Å². The number of rotatable bonds is 7. The van der Waals surface area contributed by atoms with Gasteiger partial charge in [-0.25, -0.2) is 0 Å². The van der Waals surface area contributed by atoms with Crippen molar-refractivity contribution in [1.82, 2.24) is 15.1 Å². The van der Waals surface area contributed by atoms with Gasteiger partial charge in [0.2, 0.25) is 5.91 Å². The second-order valence-corrected chi connectivity index (χ2v) is 9.19. The number of carbonyl (C=O) groups is 2. The van der Waals surface area contributed by atoms with Gasteiger partial charge in [-0.15, -0.1) is 0 Å². The largest absolute Gasteiger partial charge is 0.497 e. The molecule has 182 valence electrons. The van der Waals surface area contributed by atoms with Crippen LogP contribution in [0.15, 0.2) is 48.5 Å². The number of nitrogens with zero attached hydrogens (tertiary/aromatic N) is 2. The van der Waals surface area contributed by atoms with Crippen molar-refractivity contribution >= 4 is 23.4 Å². The third-order valence-electron chi connectivity index (χ3n) is 6.70. The third kappa shape index (κ3) is 6.09. The van der Waals surface area contributed by atoms with Crippen LogP contribution in [0.25, 0.3) is 0 Å². The number of morpholine rings is 1. The molecule has 2 aliphatic heterocycles. The quantitative estimate of drug-likeness (QED) is 0.651. The molecule has 4 rings (SSSR count). The van der Waals surface area contributed by atoms with E-state index in [4.69, 9.17) is 21.1 Å². The highest BCUT2D eigenvalue weighted by atomic mass is 35.5. The van der Waals surface area contributed by atoms with Crippen LogP contribution in [-0.4, -0.2) is 74.7 Å². The van der Waals surface area contributed by atoms with Gasteiger partial charge < -0.3 is 19.7 Å². The number of hydrogen-bond acceptors (Lipinski definition) is 5. The van der Waals surface area contributed by atoms with E-state index in [1.807, 2.05) is 17.0 Å². The summed E-state index contributed by atoms with van der Waals surface area (Å²) < 4.78 is 10.8. The Labute approximate surface area is 206 Å². The smallest absolute Gasteiger partial charge is 0.253 e. The number of nitrogens with one attached hydrogen (secondary N) is 1. The highest BCUT2D eigenvalue weighted by molar-refractivity contribution is 6.30. The molecule has 0 saturated carbocycles. The standard InChI is InChI=1S/C26H32ClN3O4/c1-33-23-8-4-19(5-9-23)24(29-14-16-34-17-15-29)18-28-25(31)20-10-12-30(13-11-20)26(32)21-2-6-22(27)7-3-21/h2-9,20,24H,10-18H2,1H3,(H,28,31). The number of benzene rings is 2. The molecule has 1 atom stereocenters. The van der Waals surface area contributed by atoms with Crippen molar-refractivity contribution in [2.24, 2.45) is 5.92 Å². The maximum Gasteiger partial charge on any atom is 0.253 e. The molecule has 2 heterocycles. The van der Waals surface area contributed by atoms with Crippen LogP contribution in [0.5, 0.6) is 5.75 Å². The zero-order valence-corrected chi connectivity index (χ0v) is 20.3. The molecule has 0 spiro atoms. The van der Waals surface area contributed by atoms with E-state index in [2.05, 4.69) is 22.3 Å². The number of amides is 2. The van der Waals surface area contributed by atoms with Crippen molar-refractivity contribution in [2.75, 3.05) is 53.0 Å². The van der Waals surface area contributed by atoms with Gasteiger partial charge in [-0.3, -0.25) is 14.5 Å². The van der Waals surface area contributed by atoms with E-state index >= 15 is 0 Å². The van der Waals surface area contributed by atoms with Crippen LogP contribution >= 0.6 is 11.6 Å². The molecule has 2 aliphatic rings. The molecule has 2 saturated heterocycles. The summed E-state index contributed by atoms with van der Waals surface area (Å²) >= 11 is 5.93. The Balaban J connectivity index is 1.32.